The first kappa shape index (κ1) is 9.66. The molecule has 0 radical (unpaired) electrons. The van der Waals surface area contributed by atoms with E-state index >= 15 is 0 Å². The molecule has 3 heteroatoms. The summed E-state index contributed by atoms with van der Waals surface area (Å²) >= 11 is 5.54. The zero-order chi connectivity index (χ0) is 10.2. The second-order valence-electron chi connectivity index (χ2n) is 3.69. The van der Waals surface area contributed by atoms with Crippen LogP contribution in [0.15, 0.2) is 24.3 Å². The number of carbonyl (C=O) groups is 1. The molecule has 1 aromatic carbocycles. The summed E-state index contributed by atoms with van der Waals surface area (Å²) in [5, 5.41) is -0.436. The van der Waals surface area contributed by atoms with Crippen LogP contribution < -0.4 is 0 Å². The van der Waals surface area contributed by atoms with E-state index in [-0.39, 0.29) is 5.82 Å². The molecule has 74 valence electrons. The van der Waals surface area contributed by atoms with Crippen LogP contribution in [0.3, 0.4) is 0 Å². The summed E-state index contributed by atoms with van der Waals surface area (Å²) in [7, 11) is 0. The number of rotatable bonds is 2. The lowest BCUT2D eigenvalue weighted by Crippen LogP contribution is -2.40. The fourth-order valence-electron chi connectivity index (χ4n) is 1.95. The third kappa shape index (κ3) is 1.25. The van der Waals surface area contributed by atoms with Crippen LogP contribution in [0.1, 0.15) is 24.8 Å². The van der Waals surface area contributed by atoms with Gasteiger partial charge in [0.15, 0.2) is 0 Å². The molecule has 0 amide bonds. The smallest absolute Gasteiger partial charge is 0.232 e. The minimum absolute atomic E-state index is 0.332. The predicted octanol–water partition coefficient (Wildman–Crippen LogP) is 3.01. The molecule has 0 atom stereocenters. The van der Waals surface area contributed by atoms with E-state index in [2.05, 4.69) is 0 Å². The maximum Gasteiger partial charge on any atom is 0.232 e. The van der Waals surface area contributed by atoms with Crippen LogP contribution in [-0.4, -0.2) is 5.24 Å². The monoisotopic (exact) mass is 212 g/mol. The molecule has 2 rings (SSSR count). The predicted molar refractivity (Wildman–Crippen MR) is 52.8 cm³/mol. The third-order valence-electron chi connectivity index (χ3n) is 2.97. The van der Waals surface area contributed by atoms with Crippen LogP contribution in [-0.2, 0) is 10.2 Å². The first-order chi connectivity index (χ1) is 6.67. The van der Waals surface area contributed by atoms with Crippen LogP contribution in [0.25, 0.3) is 0 Å². The Morgan fingerprint density at radius 3 is 2.43 bits per heavy atom. The van der Waals surface area contributed by atoms with Crippen molar-refractivity contribution in [1.82, 2.24) is 0 Å². The fourth-order valence-corrected chi connectivity index (χ4v) is 2.24. The van der Waals surface area contributed by atoms with E-state index in [1.54, 1.807) is 18.2 Å². The molecule has 0 saturated heterocycles. The average molecular weight is 213 g/mol. The number of hydrogen-bond acceptors (Lipinski definition) is 1. The maximum absolute atomic E-state index is 13.5. The molecule has 0 aliphatic heterocycles. The Kier molecular flexibility index (Phi) is 2.31. The number of benzene rings is 1. The van der Waals surface area contributed by atoms with Gasteiger partial charge in [0.1, 0.15) is 5.82 Å². The molecule has 1 fully saturated rings. The minimum atomic E-state index is -0.743. The highest BCUT2D eigenvalue weighted by Crippen LogP contribution is 2.46. The lowest BCUT2D eigenvalue weighted by Gasteiger charge is -2.38. The van der Waals surface area contributed by atoms with E-state index in [0.717, 1.165) is 6.42 Å². The summed E-state index contributed by atoms with van der Waals surface area (Å²) in [5.41, 5.74) is -0.293. The quantitative estimate of drug-likeness (QED) is 0.689. The SMILES string of the molecule is O=C(Cl)C1(c2ccccc2F)CCC1. The zero-order valence-electron chi connectivity index (χ0n) is 7.59. The van der Waals surface area contributed by atoms with Crippen LogP contribution in [0, 0.1) is 5.82 Å². The average Bonchev–Trinajstić information content (AvgIpc) is 2.05. The molecular weight excluding hydrogens is 203 g/mol. The van der Waals surface area contributed by atoms with E-state index in [1.807, 2.05) is 0 Å². The number of carbonyl (C=O) groups excluding carboxylic acids is 1. The molecule has 0 N–H and O–H groups in total. The van der Waals surface area contributed by atoms with Gasteiger partial charge in [0, 0.05) is 5.56 Å². The van der Waals surface area contributed by atoms with Gasteiger partial charge in [0.05, 0.1) is 5.41 Å². The summed E-state index contributed by atoms with van der Waals surface area (Å²) in [6.45, 7) is 0. The molecule has 0 aromatic heterocycles. The van der Waals surface area contributed by atoms with Gasteiger partial charge < -0.3 is 0 Å². The second-order valence-corrected chi connectivity index (χ2v) is 4.03. The molecule has 1 saturated carbocycles. The fraction of sp³-hybridized carbons (Fsp3) is 0.364. The largest absolute Gasteiger partial charge is 0.280 e. The van der Waals surface area contributed by atoms with Gasteiger partial charge in [0.2, 0.25) is 5.24 Å². The Bertz CT molecular complexity index is 371. The summed E-state index contributed by atoms with van der Waals surface area (Å²) in [6, 6.07) is 6.37. The Hall–Kier alpha value is -0.890. The van der Waals surface area contributed by atoms with Gasteiger partial charge in [-0.1, -0.05) is 24.6 Å². The first-order valence-electron chi connectivity index (χ1n) is 4.62. The minimum Gasteiger partial charge on any atom is -0.280 e. The van der Waals surface area contributed by atoms with Crippen molar-refractivity contribution in [2.45, 2.75) is 24.7 Å². The van der Waals surface area contributed by atoms with Crippen LogP contribution in [0.2, 0.25) is 0 Å². The van der Waals surface area contributed by atoms with Crippen molar-refractivity contribution in [2.75, 3.05) is 0 Å². The Morgan fingerprint density at radius 2 is 2.00 bits per heavy atom. The molecule has 1 aromatic rings. The van der Waals surface area contributed by atoms with E-state index in [1.165, 1.54) is 6.07 Å². The van der Waals surface area contributed by atoms with E-state index in [0.29, 0.717) is 18.4 Å². The van der Waals surface area contributed by atoms with Crippen molar-refractivity contribution < 1.29 is 9.18 Å². The standard InChI is InChI=1S/C11H10ClFO/c12-10(14)11(6-3-7-11)8-4-1-2-5-9(8)13/h1-2,4-5H,3,6-7H2. The van der Waals surface area contributed by atoms with Crippen molar-refractivity contribution in [3.8, 4) is 0 Å². The van der Waals surface area contributed by atoms with Gasteiger partial charge in [0.25, 0.3) is 0 Å². The Morgan fingerprint density at radius 1 is 1.36 bits per heavy atom. The topological polar surface area (TPSA) is 17.1 Å². The summed E-state index contributed by atoms with van der Waals surface area (Å²) in [6.07, 6.45) is 2.26. The lowest BCUT2D eigenvalue weighted by atomic mass is 9.65. The second kappa shape index (κ2) is 3.35. The highest BCUT2D eigenvalue weighted by atomic mass is 35.5. The molecule has 1 nitrogen and oxygen atoms in total. The first-order valence-corrected chi connectivity index (χ1v) is 4.99. The van der Waals surface area contributed by atoms with Crippen LogP contribution in [0.4, 0.5) is 4.39 Å². The summed E-state index contributed by atoms with van der Waals surface area (Å²) in [4.78, 5) is 11.3. The Labute approximate surface area is 86.9 Å². The zero-order valence-corrected chi connectivity index (χ0v) is 8.35. The molecule has 0 unspecified atom stereocenters. The maximum atomic E-state index is 13.5. The van der Waals surface area contributed by atoms with Crippen molar-refractivity contribution in [1.29, 1.82) is 0 Å². The molecule has 1 aliphatic rings. The summed E-state index contributed by atoms with van der Waals surface area (Å²) < 4.78 is 13.5. The molecule has 14 heavy (non-hydrogen) atoms. The van der Waals surface area contributed by atoms with Gasteiger partial charge in [-0.25, -0.2) is 4.39 Å². The van der Waals surface area contributed by atoms with Gasteiger partial charge in [-0.15, -0.1) is 0 Å². The van der Waals surface area contributed by atoms with E-state index in [4.69, 9.17) is 11.6 Å². The van der Waals surface area contributed by atoms with E-state index < -0.39 is 10.7 Å². The Balaban J connectivity index is 2.47. The van der Waals surface area contributed by atoms with Crippen LogP contribution in [0.5, 0.6) is 0 Å². The van der Waals surface area contributed by atoms with Gasteiger partial charge in [-0.2, -0.15) is 0 Å². The van der Waals surface area contributed by atoms with Gasteiger partial charge in [-0.05, 0) is 30.5 Å². The van der Waals surface area contributed by atoms with Gasteiger partial charge >= 0.3 is 0 Å². The molecule has 0 bridgehead atoms. The highest BCUT2D eigenvalue weighted by Gasteiger charge is 2.46. The summed E-state index contributed by atoms with van der Waals surface area (Å²) in [5.74, 6) is -0.332. The molecular formula is C11H10ClFO. The van der Waals surface area contributed by atoms with Gasteiger partial charge in [-0.3, -0.25) is 4.79 Å². The molecule has 1 aliphatic carbocycles. The normalized spacial score (nSPS) is 18.7. The number of halogens is 2. The van der Waals surface area contributed by atoms with Crippen molar-refractivity contribution in [3.05, 3.63) is 35.6 Å². The van der Waals surface area contributed by atoms with Crippen molar-refractivity contribution in [3.63, 3.8) is 0 Å². The molecule has 0 spiro atoms. The van der Waals surface area contributed by atoms with Crippen molar-refractivity contribution >= 4 is 16.8 Å². The highest BCUT2D eigenvalue weighted by molar-refractivity contribution is 6.65. The van der Waals surface area contributed by atoms with E-state index in [9.17, 15) is 9.18 Å². The van der Waals surface area contributed by atoms with Crippen molar-refractivity contribution in [2.24, 2.45) is 0 Å². The molecule has 0 heterocycles. The lowest BCUT2D eigenvalue weighted by molar-refractivity contribution is -0.119. The van der Waals surface area contributed by atoms with Crippen LogP contribution >= 0.6 is 11.6 Å². The number of hydrogen-bond donors (Lipinski definition) is 0. The third-order valence-corrected chi connectivity index (χ3v) is 3.33.